The lowest BCUT2D eigenvalue weighted by molar-refractivity contribution is -0.132. The lowest BCUT2D eigenvalue weighted by atomic mass is 10.1. The number of carbonyl (C=O) groups excluding carboxylic acids is 1. The molecule has 1 N–H and O–H groups in total. The molecule has 2 rings (SSSR count). The van der Waals surface area contributed by atoms with E-state index in [4.69, 9.17) is 9.47 Å². The Morgan fingerprint density at radius 3 is 2.56 bits per heavy atom. The Balaban J connectivity index is 2.59. The highest BCUT2D eigenvalue weighted by Gasteiger charge is 2.19. The molecule has 0 bridgehead atoms. The summed E-state index contributed by atoms with van der Waals surface area (Å²) in [6.45, 7) is 6.38. The lowest BCUT2D eigenvalue weighted by Gasteiger charge is -2.15. The van der Waals surface area contributed by atoms with Crippen LogP contribution in [0.1, 0.15) is 46.5 Å². The van der Waals surface area contributed by atoms with Gasteiger partial charge in [-0.05, 0) is 25.0 Å². The molecule has 0 radical (unpaired) electrons. The molecular weight excluding hydrogens is 322 g/mol. The largest absolute Gasteiger partial charge is 0.504 e. The van der Waals surface area contributed by atoms with Crippen molar-refractivity contribution in [2.45, 2.75) is 53.0 Å². The SMILES string of the molecule is CCCCOc1ccc2c(O)c(OC(C)=O)c(=O)n(CCCC)c2c1. The minimum Gasteiger partial charge on any atom is -0.504 e. The number of rotatable bonds is 8. The Morgan fingerprint density at radius 2 is 1.92 bits per heavy atom. The van der Waals surface area contributed by atoms with Crippen LogP contribution in [0.15, 0.2) is 23.0 Å². The summed E-state index contributed by atoms with van der Waals surface area (Å²) in [5.41, 5.74) is 0.0557. The van der Waals surface area contributed by atoms with Crippen LogP contribution in [0.25, 0.3) is 10.9 Å². The number of benzene rings is 1. The Hall–Kier alpha value is -2.50. The van der Waals surface area contributed by atoms with Gasteiger partial charge in [-0.3, -0.25) is 9.59 Å². The van der Waals surface area contributed by atoms with Crippen molar-refractivity contribution in [3.05, 3.63) is 28.6 Å². The third-order valence-corrected chi connectivity index (χ3v) is 3.92. The molecule has 1 aromatic carbocycles. The second-order valence-electron chi connectivity index (χ2n) is 5.96. The average Bonchev–Trinajstić information content (AvgIpc) is 2.58. The minimum atomic E-state index is -0.645. The number of nitrogens with zero attached hydrogens (tertiary/aromatic N) is 1. The predicted octanol–water partition coefficient (Wildman–Crippen LogP) is 3.61. The molecule has 6 heteroatoms. The summed E-state index contributed by atoms with van der Waals surface area (Å²) in [7, 11) is 0. The van der Waals surface area contributed by atoms with Gasteiger partial charge in [0.25, 0.3) is 5.56 Å². The predicted molar refractivity (Wildman–Crippen MR) is 96.5 cm³/mol. The normalized spacial score (nSPS) is 10.8. The van der Waals surface area contributed by atoms with Crippen molar-refractivity contribution in [1.82, 2.24) is 4.57 Å². The first-order chi connectivity index (χ1) is 12.0. The van der Waals surface area contributed by atoms with Crippen molar-refractivity contribution in [2.75, 3.05) is 6.61 Å². The molecule has 0 aliphatic carbocycles. The van der Waals surface area contributed by atoms with Gasteiger partial charge < -0.3 is 19.1 Å². The van der Waals surface area contributed by atoms with Gasteiger partial charge in [0, 0.05) is 24.9 Å². The van der Waals surface area contributed by atoms with Crippen LogP contribution in [-0.2, 0) is 11.3 Å². The summed E-state index contributed by atoms with van der Waals surface area (Å²) in [5.74, 6) is -0.641. The fraction of sp³-hybridized carbons (Fsp3) is 0.474. The highest BCUT2D eigenvalue weighted by molar-refractivity contribution is 5.89. The van der Waals surface area contributed by atoms with Crippen molar-refractivity contribution in [3.8, 4) is 17.2 Å². The number of aromatic nitrogens is 1. The van der Waals surface area contributed by atoms with Crippen LogP contribution in [-0.4, -0.2) is 22.2 Å². The second kappa shape index (κ2) is 8.55. The van der Waals surface area contributed by atoms with E-state index in [1.807, 2.05) is 6.92 Å². The van der Waals surface area contributed by atoms with Gasteiger partial charge in [0.05, 0.1) is 12.1 Å². The molecule has 0 aliphatic rings. The standard InChI is InChI=1S/C19H25NO5/c1-4-6-10-20-16-12-14(24-11-7-5-2)8-9-15(16)17(22)18(19(20)23)25-13(3)21/h8-9,12,22H,4-7,10-11H2,1-3H3. The quantitative estimate of drug-likeness (QED) is 0.583. The molecule has 0 amide bonds. The van der Waals surface area contributed by atoms with Crippen LogP contribution in [0, 0.1) is 0 Å². The molecule has 136 valence electrons. The number of aryl methyl sites for hydroxylation is 1. The molecule has 0 unspecified atom stereocenters. The molecule has 0 saturated heterocycles. The van der Waals surface area contributed by atoms with E-state index >= 15 is 0 Å². The van der Waals surface area contributed by atoms with E-state index < -0.39 is 11.5 Å². The Labute approximate surface area is 147 Å². The van der Waals surface area contributed by atoms with E-state index in [0.29, 0.717) is 29.8 Å². The number of hydrogen-bond donors (Lipinski definition) is 1. The number of carbonyl (C=O) groups is 1. The first-order valence-corrected chi connectivity index (χ1v) is 8.70. The van der Waals surface area contributed by atoms with Crippen LogP contribution in [0.4, 0.5) is 0 Å². The number of pyridine rings is 1. The zero-order valence-corrected chi connectivity index (χ0v) is 15.0. The van der Waals surface area contributed by atoms with Gasteiger partial charge >= 0.3 is 5.97 Å². The fourth-order valence-electron chi connectivity index (χ4n) is 2.59. The summed E-state index contributed by atoms with van der Waals surface area (Å²) < 4.78 is 12.2. The molecule has 0 saturated carbocycles. The summed E-state index contributed by atoms with van der Waals surface area (Å²) in [4.78, 5) is 24.0. The van der Waals surface area contributed by atoms with Crippen molar-refractivity contribution < 1.29 is 19.4 Å². The number of esters is 1. The molecule has 0 aliphatic heterocycles. The number of unbranched alkanes of at least 4 members (excludes halogenated alkanes) is 2. The minimum absolute atomic E-state index is 0.317. The second-order valence-corrected chi connectivity index (χ2v) is 5.96. The monoisotopic (exact) mass is 347 g/mol. The smallest absolute Gasteiger partial charge is 0.308 e. The maximum atomic E-state index is 12.7. The maximum Gasteiger partial charge on any atom is 0.308 e. The third-order valence-electron chi connectivity index (χ3n) is 3.92. The fourth-order valence-corrected chi connectivity index (χ4v) is 2.59. The Bertz CT molecular complexity index is 810. The molecule has 0 spiro atoms. The Kier molecular flexibility index (Phi) is 6.44. The first-order valence-electron chi connectivity index (χ1n) is 8.70. The number of ether oxygens (including phenoxy) is 2. The summed E-state index contributed by atoms with van der Waals surface area (Å²) in [5, 5.41) is 10.9. The molecule has 0 fully saturated rings. The van der Waals surface area contributed by atoms with Crippen LogP contribution >= 0.6 is 0 Å². The van der Waals surface area contributed by atoms with E-state index in [1.54, 1.807) is 18.2 Å². The molecular formula is C19H25NO5. The molecule has 0 atom stereocenters. The van der Waals surface area contributed by atoms with Crippen molar-refractivity contribution in [1.29, 1.82) is 0 Å². The first kappa shape index (κ1) is 18.8. The molecule has 2 aromatic rings. The van der Waals surface area contributed by atoms with Gasteiger partial charge in [-0.15, -0.1) is 0 Å². The lowest BCUT2D eigenvalue weighted by Crippen LogP contribution is -2.24. The molecule has 25 heavy (non-hydrogen) atoms. The summed E-state index contributed by atoms with van der Waals surface area (Å²) in [6.07, 6.45) is 3.67. The number of hydrogen-bond acceptors (Lipinski definition) is 5. The summed E-state index contributed by atoms with van der Waals surface area (Å²) >= 11 is 0. The van der Waals surface area contributed by atoms with E-state index in [2.05, 4.69) is 6.92 Å². The Morgan fingerprint density at radius 1 is 1.20 bits per heavy atom. The van der Waals surface area contributed by atoms with Crippen molar-refractivity contribution >= 4 is 16.9 Å². The van der Waals surface area contributed by atoms with Crippen molar-refractivity contribution in [3.63, 3.8) is 0 Å². The zero-order valence-electron chi connectivity index (χ0n) is 15.0. The summed E-state index contributed by atoms with van der Waals surface area (Å²) in [6, 6.07) is 5.17. The van der Waals surface area contributed by atoms with Gasteiger partial charge in [-0.25, -0.2) is 0 Å². The van der Waals surface area contributed by atoms with Gasteiger partial charge in [-0.1, -0.05) is 26.7 Å². The van der Waals surface area contributed by atoms with Crippen LogP contribution in [0.2, 0.25) is 0 Å². The van der Waals surface area contributed by atoms with Crippen LogP contribution in [0.5, 0.6) is 17.2 Å². The zero-order chi connectivity index (χ0) is 18.4. The average molecular weight is 347 g/mol. The highest BCUT2D eigenvalue weighted by atomic mass is 16.5. The van der Waals surface area contributed by atoms with Gasteiger partial charge in [0.15, 0.2) is 5.75 Å². The van der Waals surface area contributed by atoms with E-state index in [-0.39, 0.29) is 11.5 Å². The van der Waals surface area contributed by atoms with Crippen LogP contribution in [0.3, 0.4) is 0 Å². The topological polar surface area (TPSA) is 77.8 Å². The maximum absolute atomic E-state index is 12.7. The molecule has 1 heterocycles. The molecule has 6 nitrogen and oxygen atoms in total. The van der Waals surface area contributed by atoms with Gasteiger partial charge in [0.1, 0.15) is 5.75 Å². The third kappa shape index (κ3) is 4.32. The van der Waals surface area contributed by atoms with E-state index in [1.165, 1.54) is 11.5 Å². The number of aromatic hydroxyl groups is 1. The highest BCUT2D eigenvalue weighted by Crippen LogP contribution is 2.33. The van der Waals surface area contributed by atoms with Gasteiger partial charge in [-0.2, -0.15) is 0 Å². The van der Waals surface area contributed by atoms with Gasteiger partial charge in [0.2, 0.25) is 5.75 Å². The molecule has 1 aromatic heterocycles. The van der Waals surface area contributed by atoms with Crippen molar-refractivity contribution in [2.24, 2.45) is 0 Å². The van der Waals surface area contributed by atoms with E-state index in [0.717, 1.165) is 25.7 Å². The van der Waals surface area contributed by atoms with E-state index in [9.17, 15) is 14.7 Å². The number of fused-ring (bicyclic) bond motifs is 1. The van der Waals surface area contributed by atoms with Crippen LogP contribution < -0.4 is 15.0 Å².